The Morgan fingerprint density at radius 3 is 2.73 bits per heavy atom. The first kappa shape index (κ1) is 12.1. The number of rotatable bonds is 3. The summed E-state index contributed by atoms with van der Waals surface area (Å²) in [5, 5.41) is 2.70. The molecule has 1 N–H and O–H groups in total. The van der Waals surface area contributed by atoms with Crippen LogP contribution in [-0.2, 0) is 9.53 Å². The number of ether oxygens (including phenoxy) is 1. The van der Waals surface area contributed by atoms with Gasteiger partial charge in [-0.15, -0.1) is 0 Å². The molecule has 0 saturated carbocycles. The summed E-state index contributed by atoms with van der Waals surface area (Å²) < 4.78 is 18.7. The molecule has 3 nitrogen and oxygen atoms in total. The first-order chi connectivity index (χ1) is 7.10. The number of likely N-dealkylation sites (N-methyl/N-ethyl adjacent to an activating group) is 1. The Morgan fingerprint density at radius 1 is 1.60 bits per heavy atom. The van der Waals surface area contributed by atoms with Gasteiger partial charge in [-0.05, 0) is 19.2 Å². The summed E-state index contributed by atoms with van der Waals surface area (Å²) >= 11 is 3.14. The molecule has 15 heavy (non-hydrogen) atoms. The van der Waals surface area contributed by atoms with E-state index >= 15 is 0 Å². The fourth-order valence-corrected chi connectivity index (χ4v) is 1.59. The number of halogens is 2. The van der Waals surface area contributed by atoms with Gasteiger partial charge in [-0.25, -0.2) is 9.18 Å². The maximum Gasteiger partial charge on any atom is 0.327 e. The van der Waals surface area contributed by atoms with Gasteiger partial charge < -0.3 is 10.1 Å². The summed E-state index contributed by atoms with van der Waals surface area (Å²) in [4.78, 5) is 11.3. The number of nitrogens with one attached hydrogen (secondary N) is 1. The second-order valence-corrected chi connectivity index (χ2v) is 3.83. The highest BCUT2D eigenvalue weighted by Crippen LogP contribution is 2.21. The third-order valence-electron chi connectivity index (χ3n) is 2.00. The van der Waals surface area contributed by atoms with E-state index in [1.54, 1.807) is 13.1 Å². The summed E-state index contributed by atoms with van der Waals surface area (Å²) in [7, 11) is 2.84. The second-order valence-electron chi connectivity index (χ2n) is 2.91. The van der Waals surface area contributed by atoms with E-state index in [4.69, 9.17) is 0 Å². The van der Waals surface area contributed by atoms with Gasteiger partial charge in [0.2, 0.25) is 0 Å². The molecule has 1 aromatic rings. The molecule has 0 heterocycles. The van der Waals surface area contributed by atoms with Gasteiger partial charge in [-0.3, -0.25) is 0 Å². The maximum absolute atomic E-state index is 13.5. The molecule has 0 fully saturated rings. The molecular weight excluding hydrogens is 265 g/mol. The van der Waals surface area contributed by atoms with Crippen molar-refractivity contribution in [2.24, 2.45) is 0 Å². The molecule has 5 heteroatoms. The van der Waals surface area contributed by atoms with Crippen LogP contribution in [0.5, 0.6) is 0 Å². The number of esters is 1. The Kier molecular flexibility index (Phi) is 4.23. The van der Waals surface area contributed by atoms with Crippen molar-refractivity contribution in [3.8, 4) is 0 Å². The van der Waals surface area contributed by atoms with Gasteiger partial charge in [-0.2, -0.15) is 0 Å². The monoisotopic (exact) mass is 275 g/mol. The number of carbonyl (C=O) groups excluding carboxylic acids is 1. The molecule has 1 unspecified atom stereocenters. The predicted molar refractivity (Wildman–Crippen MR) is 57.9 cm³/mol. The fraction of sp³-hybridized carbons (Fsp3) is 0.300. The quantitative estimate of drug-likeness (QED) is 0.858. The normalized spacial score (nSPS) is 12.3. The van der Waals surface area contributed by atoms with Gasteiger partial charge in [-0.1, -0.05) is 22.0 Å². The van der Waals surface area contributed by atoms with E-state index in [2.05, 4.69) is 26.0 Å². The lowest BCUT2D eigenvalue weighted by Crippen LogP contribution is -2.27. The number of methoxy groups -OCH3 is 1. The van der Waals surface area contributed by atoms with E-state index in [1.807, 2.05) is 0 Å². The van der Waals surface area contributed by atoms with E-state index in [9.17, 15) is 9.18 Å². The summed E-state index contributed by atoms with van der Waals surface area (Å²) in [6.45, 7) is 0. The molecule has 0 aliphatic heterocycles. The molecule has 0 amide bonds. The Morgan fingerprint density at radius 2 is 2.27 bits per heavy atom. The first-order valence-corrected chi connectivity index (χ1v) is 5.09. The van der Waals surface area contributed by atoms with Gasteiger partial charge in [0.05, 0.1) is 7.11 Å². The fourth-order valence-electron chi connectivity index (χ4n) is 1.25. The molecule has 1 atom stereocenters. The molecule has 0 radical (unpaired) electrons. The van der Waals surface area contributed by atoms with Crippen molar-refractivity contribution in [2.75, 3.05) is 14.2 Å². The van der Waals surface area contributed by atoms with Gasteiger partial charge in [0.1, 0.15) is 11.9 Å². The number of benzene rings is 1. The van der Waals surface area contributed by atoms with Crippen LogP contribution in [0.2, 0.25) is 0 Å². The Labute approximate surface area is 95.7 Å². The summed E-state index contributed by atoms with van der Waals surface area (Å²) in [6.07, 6.45) is 0. The predicted octanol–water partition coefficient (Wildman–Crippen LogP) is 2.02. The van der Waals surface area contributed by atoms with Gasteiger partial charge in [0.15, 0.2) is 0 Å². The minimum Gasteiger partial charge on any atom is -0.468 e. The van der Waals surface area contributed by atoms with Crippen LogP contribution in [0.15, 0.2) is 22.7 Å². The maximum atomic E-state index is 13.5. The van der Waals surface area contributed by atoms with E-state index in [1.165, 1.54) is 19.2 Å². The Bertz CT molecular complexity index is 370. The smallest absolute Gasteiger partial charge is 0.327 e. The van der Waals surface area contributed by atoms with Crippen LogP contribution < -0.4 is 5.32 Å². The van der Waals surface area contributed by atoms with Crippen LogP contribution in [-0.4, -0.2) is 20.1 Å². The highest BCUT2D eigenvalue weighted by Gasteiger charge is 2.22. The highest BCUT2D eigenvalue weighted by molar-refractivity contribution is 9.10. The molecule has 1 rings (SSSR count). The second kappa shape index (κ2) is 5.23. The third kappa shape index (κ3) is 2.76. The van der Waals surface area contributed by atoms with E-state index in [-0.39, 0.29) is 5.56 Å². The lowest BCUT2D eigenvalue weighted by Gasteiger charge is -2.14. The molecule has 0 saturated heterocycles. The molecule has 0 aromatic heterocycles. The average Bonchev–Trinajstić information content (AvgIpc) is 2.21. The van der Waals surface area contributed by atoms with Crippen molar-refractivity contribution in [3.05, 3.63) is 34.1 Å². The van der Waals surface area contributed by atoms with E-state index in [0.29, 0.717) is 4.47 Å². The van der Waals surface area contributed by atoms with Crippen LogP contribution in [0.4, 0.5) is 4.39 Å². The van der Waals surface area contributed by atoms with Crippen molar-refractivity contribution in [1.29, 1.82) is 0 Å². The van der Waals surface area contributed by atoms with Gasteiger partial charge in [0, 0.05) is 10.0 Å². The van der Waals surface area contributed by atoms with Crippen LogP contribution in [0.1, 0.15) is 11.6 Å². The minimum absolute atomic E-state index is 0.271. The molecule has 0 bridgehead atoms. The SMILES string of the molecule is CNC(C(=O)OC)c1ccc(Br)cc1F. The molecule has 1 aromatic carbocycles. The number of hydrogen-bond donors (Lipinski definition) is 1. The highest BCUT2D eigenvalue weighted by atomic mass is 79.9. The zero-order valence-electron chi connectivity index (χ0n) is 8.38. The van der Waals surface area contributed by atoms with Gasteiger partial charge in [0.25, 0.3) is 0 Å². The molecular formula is C10H11BrFNO2. The van der Waals surface area contributed by atoms with Crippen molar-refractivity contribution < 1.29 is 13.9 Å². The van der Waals surface area contributed by atoms with Crippen molar-refractivity contribution in [3.63, 3.8) is 0 Å². The third-order valence-corrected chi connectivity index (χ3v) is 2.49. The Balaban J connectivity index is 3.07. The van der Waals surface area contributed by atoms with E-state index < -0.39 is 17.8 Å². The Hall–Kier alpha value is -0.940. The standard InChI is InChI=1S/C10H11BrFNO2/c1-13-9(10(14)15-2)7-4-3-6(11)5-8(7)12/h3-5,9,13H,1-2H3. The zero-order chi connectivity index (χ0) is 11.4. The number of hydrogen-bond acceptors (Lipinski definition) is 3. The first-order valence-electron chi connectivity index (χ1n) is 4.30. The lowest BCUT2D eigenvalue weighted by molar-refractivity contribution is -0.143. The van der Waals surface area contributed by atoms with Crippen molar-refractivity contribution in [1.82, 2.24) is 5.32 Å². The van der Waals surface area contributed by atoms with E-state index in [0.717, 1.165) is 0 Å². The minimum atomic E-state index is -0.775. The zero-order valence-corrected chi connectivity index (χ0v) is 9.97. The van der Waals surface area contributed by atoms with Crippen LogP contribution in [0.3, 0.4) is 0 Å². The van der Waals surface area contributed by atoms with Crippen LogP contribution >= 0.6 is 15.9 Å². The van der Waals surface area contributed by atoms with Crippen LogP contribution in [0, 0.1) is 5.82 Å². The van der Waals surface area contributed by atoms with Crippen LogP contribution in [0.25, 0.3) is 0 Å². The average molecular weight is 276 g/mol. The molecule has 0 aliphatic carbocycles. The molecule has 0 spiro atoms. The summed E-state index contributed by atoms with van der Waals surface area (Å²) in [6, 6.07) is 3.74. The summed E-state index contributed by atoms with van der Waals surface area (Å²) in [5.41, 5.74) is 0.271. The molecule has 82 valence electrons. The largest absolute Gasteiger partial charge is 0.468 e. The topological polar surface area (TPSA) is 38.3 Å². The van der Waals surface area contributed by atoms with Crippen molar-refractivity contribution >= 4 is 21.9 Å². The lowest BCUT2D eigenvalue weighted by atomic mass is 10.1. The number of carbonyl (C=O) groups is 1. The summed E-state index contributed by atoms with van der Waals surface area (Å²) in [5.74, 6) is -0.965. The molecule has 0 aliphatic rings. The van der Waals surface area contributed by atoms with Gasteiger partial charge >= 0.3 is 5.97 Å². The van der Waals surface area contributed by atoms with Crippen molar-refractivity contribution in [2.45, 2.75) is 6.04 Å².